The minimum absolute atomic E-state index is 0.0635. The first-order valence-electron chi connectivity index (χ1n) is 28.3. The largest absolute Gasteiger partial charge is 0.462 e. The van der Waals surface area contributed by atoms with Crippen molar-refractivity contribution in [3.63, 3.8) is 0 Å². The molecule has 0 aliphatic carbocycles. The Labute approximate surface area is 393 Å². The van der Waals surface area contributed by atoms with Gasteiger partial charge in [-0.1, -0.05) is 279 Å². The molecule has 0 heterocycles. The predicted molar refractivity (Wildman–Crippen MR) is 270 cm³/mol. The fraction of sp³-hybridized carbons (Fsp3) is 0.947. The summed E-state index contributed by atoms with van der Waals surface area (Å²) < 4.78 is 16.9. The molecule has 0 amide bonds. The van der Waals surface area contributed by atoms with Crippen molar-refractivity contribution in [2.75, 3.05) is 13.2 Å². The summed E-state index contributed by atoms with van der Waals surface area (Å²) in [6.45, 7) is 11.4. The van der Waals surface area contributed by atoms with E-state index in [1.54, 1.807) is 0 Å². The van der Waals surface area contributed by atoms with E-state index in [0.29, 0.717) is 19.3 Å². The highest BCUT2D eigenvalue weighted by molar-refractivity contribution is 5.71. The third-order valence-electron chi connectivity index (χ3n) is 13.3. The summed E-state index contributed by atoms with van der Waals surface area (Å²) in [6.07, 6.45) is 52.3. The Bertz CT molecular complexity index is 964. The van der Waals surface area contributed by atoms with Crippen LogP contribution in [0.3, 0.4) is 0 Å². The monoisotopic (exact) mass is 891 g/mol. The fourth-order valence-electron chi connectivity index (χ4n) is 8.66. The van der Waals surface area contributed by atoms with Gasteiger partial charge >= 0.3 is 17.9 Å². The summed E-state index contributed by atoms with van der Waals surface area (Å²) in [7, 11) is 0. The molecule has 6 nitrogen and oxygen atoms in total. The van der Waals surface area contributed by atoms with E-state index in [1.807, 2.05) is 0 Å². The molecule has 2 atom stereocenters. The number of esters is 3. The van der Waals surface area contributed by atoms with Gasteiger partial charge in [-0.05, 0) is 31.1 Å². The molecule has 0 fully saturated rings. The summed E-state index contributed by atoms with van der Waals surface area (Å²) in [4.78, 5) is 38.1. The minimum atomic E-state index is -0.763. The average molecular weight is 892 g/mol. The lowest BCUT2D eigenvalue weighted by Gasteiger charge is -2.18. The molecular weight excluding hydrogens is 781 g/mol. The van der Waals surface area contributed by atoms with Crippen LogP contribution in [0, 0.1) is 11.8 Å². The van der Waals surface area contributed by atoms with Crippen molar-refractivity contribution in [1.29, 1.82) is 0 Å². The van der Waals surface area contributed by atoms with Crippen LogP contribution in [0.25, 0.3) is 0 Å². The van der Waals surface area contributed by atoms with E-state index in [-0.39, 0.29) is 31.1 Å². The minimum Gasteiger partial charge on any atom is -0.462 e. The molecule has 374 valence electrons. The molecule has 0 aromatic carbocycles. The maximum absolute atomic E-state index is 12.8. The highest BCUT2D eigenvalue weighted by Crippen LogP contribution is 2.18. The highest BCUT2D eigenvalue weighted by atomic mass is 16.6. The highest BCUT2D eigenvalue weighted by Gasteiger charge is 2.19. The second-order valence-corrected chi connectivity index (χ2v) is 20.3. The molecule has 0 aliphatic heterocycles. The average Bonchev–Trinajstić information content (AvgIpc) is 3.27. The van der Waals surface area contributed by atoms with E-state index in [4.69, 9.17) is 14.2 Å². The Kier molecular flexibility index (Phi) is 48.6. The first-order valence-corrected chi connectivity index (χ1v) is 28.3. The van der Waals surface area contributed by atoms with Crippen molar-refractivity contribution in [3.8, 4) is 0 Å². The van der Waals surface area contributed by atoms with Gasteiger partial charge in [0.15, 0.2) is 6.10 Å². The molecule has 0 saturated heterocycles. The van der Waals surface area contributed by atoms with Gasteiger partial charge in [0.1, 0.15) is 13.2 Å². The van der Waals surface area contributed by atoms with Crippen LogP contribution in [0.5, 0.6) is 0 Å². The molecule has 0 radical (unpaired) electrons. The van der Waals surface area contributed by atoms with Crippen LogP contribution >= 0.6 is 0 Å². The lowest BCUT2D eigenvalue weighted by Crippen LogP contribution is -2.30. The van der Waals surface area contributed by atoms with E-state index in [0.717, 1.165) is 69.6 Å². The Morgan fingerprint density at radius 2 is 0.603 bits per heavy atom. The Morgan fingerprint density at radius 1 is 0.333 bits per heavy atom. The lowest BCUT2D eigenvalue weighted by molar-refractivity contribution is -0.167. The van der Waals surface area contributed by atoms with Gasteiger partial charge in [-0.2, -0.15) is 0 Å². The Hall–Kier alpha value is -1.59. The standard InChI is InChI=1S/C57H110O6/c1-6-8-9-10-11-12-13-14-15-16-17-18-19-20-21-27-32-37-42-47-55(58)61-50-54(63-57(60)49-44-39-34-29-24-25-30-35-40-45-52(3)4)51-62-56(59)48-43-38-33-28-23-22-26-31-36-41-46-53(5)7-2/h52-54H,6-51H2,1-5H3/t53?,54-/m0/s1. The molecule has 0 spiro atoms. The van der Waals surface area contributed by atoms with Gasteiger partial charge in [-0.3, -0.25) is 14.4 Å². The van der Waals surface area contributed by atoms with Crippen molar-refractivity contribution in [2.45, 2.75) is 323 Å². The SMILES string of the molecule is CCCCCCCCCCCCCCCCCCCCCC(=O)OC[C@@H](COC(=O)CCCCCCCCCCCCC(C)CC)OC(=O)CCCCCCCCCCCC(C)C. The smallest absolute Gasteiger partial charge is 0.306 e. The molecule has 63 heavy (non-hydrogen) atoms. The van der Waals surface area contributed by atoms with Gasteiger partial charge in [-0.15, -0.1) is 0 Å². The number of carbonyl (C=O) groups excluding carboxylic acids is 3. The number of hydrogen-bond acceptors (Lipinski definition) is 6. The summed E-state index contributed by atoms with van der Waals surface area (Å²) in [5.74, 6) is 0.831. The molecule has 0 rings (SSSR count). The number of unbranched alkanes of at least 4 members (excludes halogenated alkanes) is 35. The zero-order valence-corrected chi connectivity index (χ0v) is 43.2. The fourth-order valence-corrected chi connectivity index (χ4v) is 8.66. The molecule has 0 aliphatic rings. The van der Waals surface area contributed by atoms with E-state index in [9.17, 15) is 14.4 Å². The van der Waals surface area contributed by atoms with Crippen LogP contribution in [-0.4, -0.2) is 37.2 Å². The summed E-state index contributed by atoms with van der Waals surface area (Å²) in [5, 5.41) is 0. The maximum atomic E-state index is 12.8. The van der Waals surface area contributed by atoms with Gasteiger partial charge in [0.25, 0.3) is 0 Å². The van der Waals surface area contributed by atoms with Gasteiger partial charge in [0.05, 0.1) is 0 Å². The van der Waals surface area contributed by atoms with E-state index >= 15 is 0 Å². The van der Waals surface area contributed by atoms with Crippen LogP contribution in [0.15, 0.2) is 0 Å². The number of rotatable bonds is 51. The van der Waals surface area contributed by atoms with Crippen molar-refractivity contribution in [1.82, 2.24) is 0 Å². The molecular formula is C57H110O6. The zero-order valence-electron chi connectivity index (χ0n) is 43.2. The van der Waals surface area contributed by atoms with Crippen LogP contribution in [-0.2, 0) is 28.6 Å². The summed E-state index contributed by atoms with van der Waals surface area (Å²) >= 11 is 0. The van der Waals surface area contributed by atoms with E-state index in [2.05, 4.69) is 34.6 Å². The first-order chi connectivity index (χ1) is 30.8. The molecule has 0 aromatic heterocycles. The van der Waals surface area contributed by atoms with E-state index in [1.165, 1.54) is 205 Å². The number of hydrogen-bond donors (Lipinski definition) is 0. The molecule has 0 N–H and O–H groups in total. The Morgan fingerprint density at radius 3 is 0.905 bits per heavy atom. The zero-order chi connectivity index (χ0) is 46.1. The maximum Gasteiger partial charge on any atom is 0.306 e. The molecule has 6 heteroatoms. The Balaban J connectivity index is 4.26. The number of carbonyl (C=O) groups is 3. The van der Waals surface area contributed by atoms with E-state index < -0.39 is 6.10 Å². The summed E-state index contributed by atoms with van der Waals surface area (Å²) in [5.41, 5.74) is 0. The molecule has 0 bridgehead atoms. The third kappa shape index (κ3) is 49.7. The van der Waals surface area contributed by atoms with Gasteiger partial charge < -0.3 is 14.2 Å². The summed E-state index contributed by atoms with van der Waals surface area (Å²) in [6, 6.07) is 0. The quantitative estimate of drug-likeness (QED) is 0.0344. The van der Waals surface area contributed by atoms with Crippen LogP contribution in [0.1, 0.15) is 317 Å². The lowest BCUT2D eigenvalue weighted by atomic mass is 9.99. The third-order valence-corrected chi connectivity index (χ3v) is 13.3. The second-order valence-electron chi connectivity index (χ2n) is 20.3. The molecule has 0 saturated carbocycles. The number of ether oxygens (including phenoxy) is 3. The first kappa shape index (κ1) is 61.4. The van der Waals surface area contributed by atoms with Gasteiger partial charge in [-0.25, -0.2) is 0 Å². The van der Waals surface area contributed by atoms with Crippen molar-refractivity contribution in [2.24, 2.45) is 11.8 Å². The van der Waals surface area contributed by atoms with Crippen LogP contribution < -0.4 is 0 Å². The molecule has 0 aromatic rings. The normalized spacial score (nSPS) is 12.5. The van der Waals surface area contributed by atoms with Gasteiger partial charge in [0, 0.05) is 19.3 Å². The van der Waals surface area contributed by atoms with Crippen LogP contribution in [0.4, 0.5) is 0 Å². The topological polar surface area (TPSA) is 78.9 Å². The van der Waals surface area contributed by atoms with Crippen LogP contribution in [0.2, 0.25) is 0 Å². The van der Waals surface area contributed by atoms with Gasteiger partial charge in [0.2, 0.25) is 0 Å². The van der Waals surface area contributed by atoms with Crippen molar-refractivity contribution in [3.05, 3.63) is 0 Å². The molecule has 1 unspecified atom stereocenters. The predicted octanol–water partition coefficient (Wildman–Crippen LogP) is 18.5. The van der Waals surface area contributed by atoms with Crippen molar-refractivity contribution >= 4 is 17.9 Å². The second kappa shape index (κ2) is 49.8. The van der Waals surface area contributed by atoms with Crippen molar-refractivity contribution < 1.29 is 28.6 Å².